The molecule has 1 amide bonds. The maximum Gasteiger partial charge on any atom is 0.266 e. The highest BCUT2D eigenvalue weighted by Crippen LogP contribution is 2.30. The molecule has 0 atom stereocenters. The molecule has 0 unspecified atom stereocenters. The van der Waals surface area contributed by atoms with Crippen molar-refractivity contribution in [2.45, 2.75) is 24.7 Å². The predicted octanol–water partition coefficient (Wildman–Crippen LogP) is 3.07. The third-order valence-electron chi connectivity index (χ3n) is 4.22. The van der Waals surface area contributed by atoms with E-state index in [1.165, 1.54) is 16.8 Å². The van der Waals surface area contributed by atoms with Gasteiger partial charge in [0.15, 0.2) is 0 Å². The van der Waals surface area contributed by atoms with Gasteiger partial charge in [0, 0.05) is 25.2 Å². The number of sulfonamides is 1. The number of carbonyl (C=O) groups excluding carboxylic acids is 1. The fourth-order valence-corrected chi connectivity index (χ4v) is 4.99. The van der Waals surface area contributed by atoms with E-state index in [9.17, 15) is 13.2 Å². The minimum Gasteiger partial charge on any atom is -0.339 e. The third-order valence-corrected chi connectivity index (χ3v) is 6.51. The maximum absolute atomic E-state index is 12.8. The number of anilines is 1. The number of aromatic nitrogens is 2. The number of nitrogens with zero attached hydrogens (tertiary/aromatic N) is 3. The summed E-state index contributed by atoms with van der Waals surface area (Å²) in [4.78, 5) is 14.3. The third kappa shape index (κ3) is 3.54. The lowest BCUT2D eigenvalue weighted by molar-refractivity contribution is 0.0794. The van der Waals surface area contributed by atoms with Gasteiger partial charge in [-0.15, -0.1) is 0 Å². The number of likely N-dealkylation sites (tertiary alicyclic amines) is 1. The molecule has 0 bridgehead atoms. The molecule has 0 radical (unpaired) electrons. The Balaban J connectivity index is 2.01. The molecule has 0 spiro atoms. The summed E-state index contributed by atoms with van der Waals surface area (Å²) >= 11 is 12.1. The highest BCUT2D eigenvalue weighted by molar-refractivity contribution is 7.92. The number of hydrogen-bond acceptors (Lipinski definition) is 4. The van der Waals surface area contributed by atoms with Gasteiger partial charge in [-0.3, -0.25) is 14.2 Å². The van der Waals surface area contributed by atoms with Crippen molar-refractivity contribution in [1.29, 1.82) is 0 Å². The standard InChI is InChI=1S/C16H18Cl2N4O3S/c1-10-14(15(18)21(2)19-10)26(24,25)20-13-9-11(17)5-6-12(13)16(23)22-7-3-4-8-22/h5-6,9,20H,3-4,7-8H2,1-2H3. The van der Waals surface area contributed by atoms with Crippen LogP contribution in [-0.2, 0) is 17.1 Å². The van der Waals surface area contributed by atoms with E-state index in [0.717, 1.165) is 12.8 Å². The van der Waals surface area contributed by atoms with Crippen molar-refractivity contribution in [3.8, 4) is 0 Å². The van der Waals surface area contributed by atoms with Gasteiger partial charge in [-0.2, -0.15) is 5.10 Å². The van der Waals surface area contributed by atoms with E-state index in [2.05, 4.69) is 9.82 Å². The molecule has 2 aromatic rings. The van der Waals surface area contributed by atoms with Crippen molar-refractivity contribution in [1.82, 2.24) is 14.7 Å². The fraction of sp³-hybridized carbons (Fsp3) is 0.375. The molecule has 1 saturated heterocycles. The highest BCUT2D eigenvalue weighted by atomic mass is 35.5. The Morgan fingerprint density at radius 1 is 1.23 bits per heavy atom. The van der Waals surface area contributed by atoms with E-state index >= 15 is 0 Å². The van der Waals surface area contributed by atoms with Gasteiger partial charge in [0.05, 0.1) is 16.9 Å². The zero-order valence-corrected chi connectivity index (χ0v) is 16.6. The van der Waals surface area contributed by atoms with E-state index in [4.69, 9.17) is 23.2 Å². The Labute approximate surface area is 161 Å². The topological polar surface area (TPSA) is 84.3 Å². The number of benzene rings is 1. The van der Waals surface area contributed by atoms with Crippen LogP contribution in [0.2, 0.25) is 10.2 Å². The Morgan fingerprint density at radius 3 is 2.46 bits per heavy atom. The molecule has 2 heterocycles. The van der Waals surface area contributed by atoms with Gasteiger partial charge in [0.2, 0.25) is 0 Å². The molecular formula is C16H18Cl2N4O3S. The van der Waals surface area contributed by atoms with E-state index in [1.54, 1.807) is 24.9 Å². The monoisotopic (exact) mass is 416 g/mol. The minimum absolute atomic E-state index is 0.00977. The van der Waals surface area contributed by atoms with Gasteiger partial charge in [0.25, 0.3) is 15.9 Å². The van der Waals surface area contributed by atoms with Crippen molar-refractivity contribution in [3.05, 3.63) is 39.6 Å². The number of hydrogen-bond donors (Lipinski definition) is 1. The molecule has 0 aliphatic carbocycles. The Kier molecular flexibility index (Phi) is 5.18. The van der Waals surface area contributed by atoms with Gasteiger partial charge in [-0.1, -0.05) is 23.2 Å². The molecule has 1 aromatic heterocycles. The first-order chi connectivity index (χ1) is 12.2. The van der Waals surface area contributed by atoms with Crippen LogP contribution in [0.15, 0.2) is 23.1 Å². The van der Waals surface area contributed by atoms with Crippen LogP contribution in [0.3, 0.4) is 0 Å². The summed E-state index contributed by atoms with van der Waals surface area (Å²) in [6, 6.07) is 4.51. The maximum atomic E-state index is 12.8. The smallest absolute Gasteiger partial charge is 0.266 e. The minimum atomic E-state index is -4.04. The lowest BCUT2D eigenvalue weighted by Crippen LogP contribution is -2.29. The van der Waals surface area contributed by atoms with Crippen LogP contribution in [0.1, 0.15) is 28.9 Å². The van der Waals surface area contributed by atoms with Crippen LogP contribution >= 0.6 is 23.2 Å². The Hall–Kier alpha value is -1.77. The summed E-state index contributed by atoms with van der Waals surface area (Å²) in [7, 11) is -2.49. The van der Waals surface area contributed by atoms with E-state index in [-0.39, 0.29) is 32.9 Å². The average Bonchev–Trinajstić information content (AvgIpc) is 3.15. The number of halogens is 2. The largest absolute Gasteiger partial charge is 0.339 e. The van der Waals surface area contributed by atoms with Crippen LogP contribution in [-0.4, -0.2) is 42.1 Å². The molecular weight excluding hydrogens is 399 g/mol. The first-order valence-corrected chi connectivity index (χ1v) is 10.3. The van der Waals surface area contributed by atoms with Crippen LogP contribution in [0.5, 0.6) is 0 Å². The summed E-state index contributed by atoms with van der Waals surface area (Å²) in [5, 5.41) is 4.33. The van der Waals surface area contributed by atoms with Crippen LogP contribution in [0.25, 0.3) is 0 Å². The SMILES string of the molecule is Cc1nn(C)c(Cl)c1S(=O)(=O)Nc1cc(Cl)ccc1C(=O)N1CCCC1. The van der Waals surface area contributed by atoms with Crippen LogP contribution in [0, 0.1) is 6.92 Å². The number of nitrogens with one attached hydrogen (secondary N) is 1. The van der Waals surface area contributed by atoms with E-state index < -0.39 is 10.0 Å². The Bertz CT molecular complexity index is 966. The second kappa shape index (κ2) is 7.09. The molecule has 1 fully saturated rings. The van der Waals surface area contributed by atoms with Crippen molar-refractivity contribution in [3.63, 3.8) is 0 Å². The lowest BCUT2D eigenvalue weighted by Gasteiger charge is -2.18. The van der Waals surface area contributed by atoms with Gasteiger partial charge < -0.3 is 4.90 Å². The van der Waals surface area contributed by atoms with Gasteiger partial charge in [0.1, 0.15) is 10.0 Å². The summed E-state index contributed by atoms with van der Waals surface area (Å²) < 4.78 is 29.4. The normalized spacial score (nSPS) is 14.7. The fourth-order valence-electron chi connectivity index (χ4n) is 2.99. The first-order valence-electron chi connectivity index (χ1n) is 8.01. The molecule has 1 aromatic carbocycles. The number of aryl methyl sites for hydroxylation is 2. The highest BCUT2D eigenvalue weighted by Gasteiger charge is 2.28. The number of rotatable bonds is 4. The Morgan fingerprint density at radius 2 is 1.88 bits per heavy atom. The summed E-state index contributed by atoms with van der Waals surface area (Å²) in [6.45, 7) is 2.86. The lowest BCUT2D eigenvalue weighted by atomic mass is 10.1. The summed E-state index contributed by atoms with van der Waals surface area (Å²) in [6.07, 6.45) is 1.87. The zero-order chi connectivity index (χ0) is 19.1. The van der Waals surface area contributed by atoms with Crippen molar-refractivity contribution in [2.75, 3.05) is 17.8 Å². The van der Waals surface area contributed by atoms with Crippen LogP contribution < -0.4 is 4.72 Å². The van der Waals surface area contributed by atoms with Crippen LogP contribution in [0.4, 0.5) is 5.69 Å². The number of carbonyl (C=O) groups is 1. The van der Waals surface area contributed by atoms with Gasteiger partial charge >= 0.3 is 0 Å². The van der Waals surface area contributed by atoms with Crippen molar-refractivity contribution in [2.24, 2.45) is 7.05 Å². The second-order valence-electron chi connectivity index (χ2n) is 6.12. The van der Waals surface area contributed by atoms with E-state index in [0.29, 0.717) is 18.1 Å². The average molecular weight is 417 g/mol. The molecule has 1 aliphatic rings. The summed E-state index contributed by atoms with van der Waals surface area (Å²) in [5.74, 6) is -0.231. The van der Waals surface area contributed by atoms with Crippen molar-refractivity contribution >= 4 is 44.8 Å². The molecule has 26 heavy (non-hydrogen) atoms. The summed E-state index contributed by atoms with van der Waals surface area (Å²) in [5.41, 5.74) is 0.630. The molecule has 7 nitrogen and oxygen atoms in total. The quantitative estimate of drug-likeness (QED) is 0.829. The van der Waals surface area contributed by atoms with Crippen molar-refractivity contribution < 1.29 is 13.2 Å². The predicted molar refractivity (Wildman–Crippen MR) is 100 cm³/mol. The van der Waals surface area contributed by atoms with Gasteiger partial charge in [-0.25, -0.2) is 8.42 Å². The molecule has 1 aliphatic heterocycles. The van der Waals surface area contributed by atoms with Gasteiger partial charge in [-0.05, 0) is 38.0 Å². The molecule has 3 rings (SSSR count). The number of amides is 1. The first kappa shape index (κ1) is 19.0. The second-order valence-corrected chi connectivity index (χ2v) is 8.54. The molecule has 10 heteroatoms. The molecule has 140 valence electrons. The molecule has 1 N–H and O–H groups in total. The zero-order valence-electron chi connectivity index (χ0n) is 14.3. The molecule has 0 saturated carbocycles. The van der Waals surface area contributed by atoms with E-state index in [1.807, 2.05) is 0 Å².